The third-order valence-corrected chi connectivity index (χ3v) is 4.37. The zero-order valence-electron chi connectivity index (χ0n) is 13.8. The highest BCUT2D eigenvalue weighted by atomic mass is 35.5. The van der Waals surface area contributed by atoms with E-state index in [0.29, 0.717) is 23.2 Å². The Labute approximate surface area is 142 Å². The largest absolute Gasteiger partial charge is 0.479 e. The van der Waals surface area contributed by atoms with Gasteiger partial charge in [0.1, 0.15) is 5.75 Å². The van der Waals surface area contributed by atoms with E-state index in [1.807, 2.05) is 12.1 Å². The highest BCUT2D eigenvalue weighted by molar-refractivity contribution is 6.32. The average Bonchev–Trinajstić information content (AvgIpc) is 3.00. The van der Waals surface area contributed by atoms with Gasteiger partial charge in [-0.3, -0.25) is 4.79 Å². The Morgan fingerprint density at radius 1 is 1.48 bits per heavy atom. The number of halogens is 1. The molecule has 0 aliphatic carbocycles. The lowest BCUT2D eigenvalue weighted by atomic mass is 10.1. The first kappa shape index (κ1) is 18.0. The first-order chi connectivity index (χ1) is 11.1. The number of nitrogens with zero attached hydrogens (tertiary/aromatic N) is 1. The Morgan fingerprint density at radius 2 is 2.26 bits per heavy atom. The highest BCUT2D eigenvalue weighted by Gasteiger charge is 2.23. The summed E-state index contributed by atoms with van der Waals surface area (Å²) in [4.78, 5) is 14.5. The summed E-state index contributed by atoms with van der Waals surface area (Å²) < 4.78 is 10.7. The van der Waals surface area contributed by atoms with Gasteiger partial charge in [-0.05, 0) is 37.9 Å². The molecule has 1 aromatic carbocycles. The van der Waals surface area contributed by atoms with E-state index in [1.54, 1.807) is 26.2 Å². The number of benzene rings is 1. The third-order valence-electron chi connectivity index (χ3n) is 4.06. The van der Waals surface area contributed by atoms with Crippen LogP contribution in [0.3, 0.4) is 0 Å². The molecule has 1 amide bonds. The number of hydrogen-bond acceptors (Lipinski definition) is 4. The first-order valence-electron chi connectivity index (χ1n) is 8.00. The van der Waals surface area contributed by atoms with Crippen LogP contribution in [0.4, 0.5) is 0 Å². The van der Waals surface area contributed by atoms with Crippen molar-refractivity contribution in [2.24, 2.45) is 5.92 Å². The molecule has 1 fully saturated rings. The van der Waals surface area contributed by atoms with Gasteiger partial charge in [0.2, 0.25) is 0 Å². The second-order valence-electron chi connectivity index (χ2n) is 5.88. The molecule has 1 N–H and O–H groups in total. The van der Waals surface area contributed by atoms with Crippen molar-refractivity contribution < 1.29 is 14.3 Å². The third kappa shape index (κ3) is 5.68. The number of nitrogens with one attached hydrogen (secondary N) is 1. The zero-order valence-corrected chi connectivity index (χ0v) is 14.5. The summed E-state index contributed by atoms with van der Waals surface area (Å²) in [5.41, 5.74) is 0. The minimum absolute atomic E-state index is 0.111. The molecule has 5 nitrogen and oxygen atoms in total. The molecule has 1 aliphatic rings. The molecule has 1 heterocycles. The van der Waals surface area contributed by atoms with Gasteiger partial charge >= 0.3 is 0 Å². The minimum Gasteiger partial charge on any atom is -0.479 e. The molecule has 1 saturated heterocycles. The van der Waals surface area contributed by atoms with Crippen LogP contribution in [0.2, 0.25) is 5.02 Å². The summed E-state index contributed by atoms with van der Waals surface area (Å²) in [7, 11) is 1.72. The van der Waals surface area contributed by atoms with Gasteiger partial charge in [0.05, 0.1) is 11.6 Å². The molecule has 23 heavy (non-hydrogen) atoms. The lowest BCUT2D eigenvalue weighted by molar-refractivity contribution is -0.127. The zero-order chi connectivity index (χ0) is 16.7. The molecule has 6 heteroatoms. The number of rotatable bonds is 8. The van der Waals surface area contributed by atoms with Crippen molar-refractivity contribution in [1.29, 1.82) is 0 Å². The molecule has 1 aromatic rings. The lowest BCUT2D eigenvalue weighted by Crippen LogP contribution is -2.39. The number of hydrogen-bond donors (Lipinski definition) is 1. The van der Waals surface area contributed by atoms with E-state index in [0.717, 1.165) is 32.7 Å². The summed E-state index contributed by atoms with van der Waals surface area (Å²) >= 11 is 6.04. The first-order valence-corrected chi connectivity index (χ1v) is 8.38. The molecule has 0 aromatic heterocycles. The monoisotopic (exact) mass is 340 g/mol. The van der Waals surface area contributed by atoms with Crippen LogP contribution in [-0.4, -0.2) is 56.8 Å². The molecule has 0 bridgehead atoms. The van der Waals surface area contributed by atoms with Gasteiger partial charge in [0.15, 0.2) is 6.10 Å². The Hall–Kier alpha value is -1.30. The summed E-state index contributed by atoms with van der Waals surface area (Å²) in [6, 6.07) is 7.17. The van der Waals surface area contributed by atoms with Crippen molar-refractivity contribution in [1.82, 2.24) is 10.2 Å². The van der Waals surface area contributed by atoms with Crippen LogP contribution < -0.4 is 10.1 Å². The van der Waals surface area contributed by atoms with E-state index in [9.17, 15) is 4.79 Å². The maximum atomic E-state index is 12.2. The van der Waals surface area contributed by atoms with Crippen molar-refractivity contribution in [2.75, 3.05) is 39.9 Å². The fraction of sp³-hybridized carbons (Fsp3) is 0.588. The van der Waals surface area contributed by atoms with Crippen LogP contribution in [0.15, 0.2) is 24.3 Å². The maximum Gasteiger partial charge on any atom is 0.260 e. The van der Waals surface area contributed by atoms with Crippen LogP contribution in [0, 0.1) is 5.92 Å². The fourth-order valence-corrected chi connectivity index (χ4v) is 2.86. The van der Waals surface area contributed by atoms with Crippen LogP contribution in [0.25, 0.3) is 0 Å². The SMILES string of the molecule is COCCN1CC[C@H](CNC(=O)[C@H](C)Oc2ccccc2Cl)C1. The molecule has 2 rings (SSSR count). The van der Waals surface area contributed by atoms with Crippen molar-refractivity contribution >= 4 is 17.5 Å². The summed E-state index contributed by atoms with van der Waals surface area (Å²) in [6.07, 6.45) is 0.532. The number of carbonyl (C=O) groups excluding carboxylic acids is 1. The summed E-state index contributed by atoms with van der Waals surface area (Å²) in [5, 5.41) is 3.49. The van der Waals surface area contributed by atoms with Gasteiger partial charge in [0, 0.05) is 26.7 Å². The maximum absolute atomic E-state index is 12.2. The molecule has 1 aliphatic heterocycles. The topological polar surface area (TPSA) is 50.8 Å². The van der Waals surface area contributed by atoms with Gasteiger partial charge in [-0.1, -0.05) is 23.7 Å². The van der Waals surface area contributed by atoms with Crippen molar-refractivity contribution in [2.45, 2.75) is 19.4 Å². The van der Waals surface area contributed by atoms with E-state index < -0.39 is 6.10 Å². The molecule has 0 radical (unpaired) electrons. The second-order valence-corrected chi connectivity index (χ2v) is 6.29. The Morgan fingerprint density at radius 3 is 3.00 bits per heavy atom. The van der Waals surface area contributed by atoms with E-state index in [-0.39, 0.29) is 5.91 Å². The lowest BCUT2D eigenvalue weighted by Gasteiger charge is -2.18. The van der Waals surface area contributed by atoms with Crippen LogP contribution in [0.5, 0.6) is 5.75 Å². The molecule has 0 saturated carbocycles. The molecular weight excluding hydrogens is 316 g/mol. The Bertz CT molecular complexity index is 512. The van der Waals surface area contributed by atoms with Crippen molar-refractivity contribution in [3.8, 4) is 5.75 Å². The standard InChI is InChI=1S/C17H25ClN2O3/c1-13(23-16-6-4-3-5-15(16)18)17(21)19-11-14-7-8-20(12-14)9-10-22-2/h3-6,13-14H,7-12H2,1-2H3,(H,19,21)/t13-,14+/m0/s1. The number of ether oxygens (including phenoxy) is 2. The molecule has 2 atom stereocenters. The van der Waals surface area contributed by atoms with Gasteiger partial charge in [-0.15, -0.1) is 0 Å². The van der Waals surface area contributed by atoms with E-state index in [1.165, 1.54) is 0 Å². The van der Waals surface area contributed by atoms with E-state index in [2.05, 4.69) is 10.2 Å². The predicted octanol–water partition coefficient (Wildman–Crippen LogP) is 2.19. The van der Waals surface area contributed by atoms with Crippen LogP contribution in [0.1, 0.15) is 13.3 Å². The van der Waals surface area contributed by atoms with Gasteiger partial charge in [0.25, 0.3) is 5.91 Å². The van der Waals surface area contributed by atoms with E-state index >= 15 is 0 Å². The molecule has 128 valence electrons. The Balaban J connectivity index is 1.71. The average molecular weight is 341 g/mol. The molecule has 0 unspecified atom stereocenters. The molecule has 0 spiro atoms. The quantitative estimate of drug-likeness (QED) is 0.788. The highest BCUT2D eigenvalue weighted by Crippen LogP contribution is 2.24. The van der Waals surface area contributed by atoms with Gasteiger partial charge in [-0.25, -0.2) is 0 Å². The van der Waals surface area contributed by atoms with Crippen molar-refractivity contribution in [3.05, 3.63) is 29.3 Å². The second kappa shape index (κ2) is 9.11. The smallest absolute Gasteiger partial charge is 0.260 e. The summed E-state index contributed by atoms with van der Waals surface area (Å²) in [6.45, 7) is 6.18. The van der Waals surface area contributed by atoms with Crippen LogP contribution >= 0.6 is 11.6 Å². The van der Waals surface area contributed by atoms with E-state index in [4.69, 9.17) is 21.1 Å². The van der Waals surface area contributed by atoms with Gasteiger partial charge < -0.3 is 19.7 Å². The molecular formula is C17H25ClN2O3. The minimum atomic E-state index is -0.569. The number of para-hydroxylation sites is 1. The van der Waals surface area contributed by atoms with Crippen molar-refractivity contribution in [3.63, 3.8) is 0 Å². The summed E-state index contributed by atoms with van der Waals surface area (Å²) in [5.74, 6) is 0.909. The number of amides is 1. The number of likely N-dealkylation sites (tertiary alicyclic amines) is 1. The normalized spacial score (nSPS) is 19.5. The van der Waals surface area contributed by atoms with Gasteiger partial charge in [-0.2, -0.15) is 0 Å². The number of methoxy groups -OCH3 is 1. The number of carbonyl (C=O) groups is 1. The fourth-order valence-electron chi connectivity index (χ4n) is 2.68. The van der Waals surface area contributed by atoms with Crippen LogP contribution in [-0.2, 0) is 9.53 Å². The Kier molecular flexibility index (Phi) is 7.15. The predicted molar refractivity (Wildman–Crippen MR) is 91.0 cm³/mol.